The molecule has 1 heterocycles. The van der Waals surface area contributed by atoms with Gasteiger partial charge < -0.3 is 10.1 Å². The number of nitrogens with one attached hydrogen (secondary N) is 2. The number of methoxy groups -OCH3 is 1. The highest BCUT2D eigenvalue weighted by Crippen LogP contribution is 2.28. The summed E-state index contributed by atoms with van der Waals surface area (Å²) in [5, 5.41) is 2.96. The number of hydrogen-bond donors (Lipinski definition) is 2. The minimum absolute atomic E-state index is 0.0316. The highest BCUT2D eigenvalue weighted by molar-refractivity contribution is 7.92. The van der Waals surface area contributed by atoms with Gasteiger partial charge in [-0.3, -0.25) is 9.52 Å². The summed E-state index contributed by atoms with van der Waals surface area (Å²) in [6, 6.07) is 15.6. The molecule has 0 saturated heterocycles. The number of ether oxygens (including phenoxy) is 1. The predicted molar refractivity (Wildman–Crippen MR) is 121 cm³/mol. The summed E-state index contributed by atoms with van der Waals surface area (Å²) in [7, 11) is -2.48. The number of carbonyl (C=O) groups is 1. The van der Waals surface area contributed by atoms with Crippen LogP contribution in [-0.4, -0.2) is 30.2 Å². The van der Waals surface area contributed by atoms with Crippen LogP contribution < -0.4 is 14.8 Å². The lowest BCUT2D eigenvalue weighted by atomic mass is 10.2. The maximum atomic E-state index is 12.7. The van der Waals surface area contributed by atoms with Crippen molar-refractivity contribution < 1.29 is 17.9 Å². The molecule has 158 valence electrons. The van der Waals surface area contributed by atoms with Crippen molar-refractivity contribution in [2.24, 2.45) is 0 Å². The Morgan fingerprint density at radius 1 is 1.06 bits per heavy atom. The lowest BCUT2D eigenvalue weighted by molar-refractivity contribution is 0.102. The van der Waals surface area contributed by atoms with E-state index < -0.39 is 15.9 Å². The molecule has 0 atom stereocenters. The highest BCUT2D eigenvalue weighted by Gasteiger charge is 2.17. The van der Waals surface area contributed by atoms with E-state index in [-0.39, 0.29) is 21.2 Å². The van der Waals surface area contributed by atoms with Crippen molar-refractivity contribution in [1.29, 1.82) is 0 Å². The molecule has 1 amide bonds. The van der Waals surface area contributed by atoms with Gasteiger partial charge in [0, 0.05) is 11.3 Å². The molecule has 0 spiro atoms. The largest absolute Gasteiger partial charge is 0.495 e. The lowest BCUT2D eigenvalue weighted by Crippen LogP contribution is -2.15. The molecule has 4 rings (SSSR count). The molecule has 1 aromatic heterocycles. The van der Waals surface area contributed by atoms with Crippen LogP contribution in [-0.2, 0) is 10.0 Å². The number of carbonyl (C=O) groups excluding carboxylic acids is 1. The van der Waals surface area contributed by atoms with Crippen molar-refractivity contribution in [3.05, 3.63) is 71.2 Å². The Kier molecular flexibility index (Phi) is 5.77. The summed E-state index contributed by atoms with van der Waals surface area (Å²) in [6.07, 6.45) is 0. The molecule has 2 N–H and O–H groups in total. The van der Waals surface area contributed by atoms with Crippen LogP contribution in [0.1, 0.15) is 10.4 Å². The summed E-state index contributed by atoms with van der Waals surface area (Å²) in [6.45, 7) is 0. The van der Waals surface area contributed by atoms with Crippen molar-refractivity contribution in [2.45, 2.75) is 4.90 Å². The van der Waals surface area contributed by atoms with Crippen molar-refractivity contribution in [2.75, 3.05) is 17.1 Å². The number of anilines is 2. The van der Waals surface area contributed by atoms with E-state index >= 15 is 0 Å². The molecule has 11 heteroatoms. The van der Waals surface area contributed by atoms with E-state index in [4.69, 9.17) is 16.3 Å². The van der Waals surface area contributed by atoms with Gasteiger partial charge in [0.15, 0.2) is 0 Å². The summed E-state index contributed by atoms with van der Waals surface area (Å²) >= 11 is 7.09. The number of sulfonamides is 1. The second kappa shape index (κ2) is 8.50. The van der Waals surface area contributed by atoms with Gasteiger partial charge in [-0.05, 0) is 48.5 Å². The van der Waals surface area contributed by atoms with E-state index in [0.717, 1.165) is 11.7 Å². The van der Waals surface area contributed by atoms with Crippen molar-refractivity contribution >= 4 is 61.7 Å². The van der Waals surface area contributed by atoms with Gasteiger partial charge in [0.2, 0.25) is 0 Å². The molecular formula is C20H15ClN4O4S2. The van der Waals surface area contributed by atoms with Crippen LogP contribution in [0.3, 0.4) is 0 Å². The third-order valence-electron chi connectivity index (χ3n) is 4.34. The molecule has 0 aliphatic carbocycles. The number of benzene rings is 3. The van der Waals surface area contributed by atoms with Crippen molar-refractivity contribution in [3.8, 4) is 5.75 Å². The topological polar surface area (TPSA) is 110 Å². The fourth-order valence-corrected chi connectivity index (χ4v) is 4.80. The molecule has 31 heavy (non-hydrogen) atoms. The first kappa shape index (κ1) is 21.0. The normalized spacial score (nSPS) is 11.3. The number of fused-ring (bicyclic) bond motifs is 1. The Morgan fingerprint density at radius 2 is 1.87 bits per heavy atom. The standard InChI is InChI=1S/C20H15ClN4O4S2/c1-29-18-9-8-14(11-15(18)21)31(27,28)25-13-5-2-4-12(10-13)20(26)22-16-6-3-7-17-19(16)24-30-23-17/h2-11,25H,1H3,(H,22,26). The molecule has 0 fully saturated rings. The van der Waals surface area contributed by atoms with Gasteiger partial charge >= 0.3 is 0 Å². The lowest BCUT2D eigenvalue weighted by Gasteiger charge is -2.11. The fourth-order valence-electron chi connectivity index (χ4n) is 2.85. The van der Waals surface area contributed by atoms with Gasteiger partial charge in [-0.1, -0.05) is 23.7 Å². The zero-order chi connectivity index (χ0) is 22.0. The van der Waals surface area contributed by atoms with Gasteiger partial charge in [0.05, 0.1) is 34.4 Å². The van der Waals surface area contributed by atoms with Gasteiger partial charge in [0.25, 0.3) is 15.9 Å². The Morgan fingerprint density at radius 3 is 2.65 bits per heavy atom. The Balaban J connectivity index is 1.56. The molecule has 0 unspecified atom stereocenters. The van der Waals surface area contributed by atoms with Crippen LogP contribution in [0.4, 0.5) is 11.4 Å². The fraction of sp³-hybridized carbons (Fsp3) is 0.0500. The highest BCUT2D eigenvalue weighted by atomic mass is 35.5. The van der Waals surface area contributed by atoms with Crippen molar-refractivity contribution in [1.82, 2.24) is 8.75 Å². The molecule has 3 aromatic carbocycles. The zero-order valence-electron chi connectivity index (χ0n) is 16.0. The molecule has 8 nitrogen and oxygen atoms in total. The van der Waals surface area contributed by atoms with E-state index in [2.05, 4.69) is 18.8 Å². The Hall–Kier alpha value is -3.21. The SMILES string of the molecule is COc1ccc(S(=O)(=O)Nc2cccc(C(=O)Nc3cccc4nsnc34)c2)cc1Cl. The van der Waals surface area contributed by atoms with Crippen molar-refractivity contribution in [3.63, 3.8) is 0 Å². The number of amides is 1. The number of rotatable bonds is 6. The molecule has 0 aliphatic heterocycles. The molecule has 0 radical (unpaired) electrons. The van der Waals surface area contributed by atoms with Crippen LogP contribution in [0.2, 0.25) is 5.02 Å². The number of hydrogen-bond acceptors (Lipinski definition) is 7. The summed E-state index contributed by atoms with van der Waals surface area (Å²) in [4.78, 5) is 12.7. The van der Waals surface area contributed by atoms with Gasteiger partial charge in [-0.2, -0.15) is 8.75 Å². The maximum absolute atomic E-state index is 12.7. The molecule has 0 bridgehead atoms. The first-order chi connectivity index (χ1) is 14.9. The average Bonchev–Trinajstić information content (AvgIpc) is 3.23. The van der Waals surface area contributed by atoms with Crippen LogP contribution in [0.5, 0.6) is 5.75 Å². The van der Waals surface area contributed by atoms with Crippen LogP contribution in [0.25, 0.3) is 11.0 Å². The first-order valence-electron chi connectivity index (χ1n) is 8.86. The smallest absolute Gasteiger partial charge is 0.261 e. The zero-order valence-corrected chi connectivity index (χ0v) is 18.4. The molecule has 0 aliphatic rings. The quantitative estimate of drug-likeness (QED) is 0.428. The molecule has 0 saturated carbocycles. The third kappa shape index (κ3) is 4.46. The minimum Gasteiger partial charge on any atom is -0.495 e. The van der Waals surface area contributed by atoms with Crippen LogP contribution >= 0.6 is 23.3 Å². The van der Waals surface area contributed by atoms with Crippen LogP contribution in [0, 0.1) is 0 Å². The average molecular weight is 475 g/mol. The summed E-state index contributed by atoms with van der Waals surface area (Å²) < 4.78 is 41.3. The molecule has 4 aromatic rings. The van der Waals surface area contributed by atoms with E-state index in [0.29, 0.717) is 22.5 Å². The first-order valence-corrected chi connectivity index (χ1v) is 11.5. The monoisotopic (exact) mass is 474 g/mol. The third-order valence-corrected chi connectivity index (χ3v) is 6.56. The summed E-state index contributed by atoms with van der Waals surface area (Å²) in [5.41, 5.74) is 2.30. The van der Waals surface area contributed by atoms with E-state index in [1.807, 2.05) is 0 Å². The second-order valence-electron chi connectivity index (χ2n) is 6.37. The Labute approximate surface area is 187 Å². The predicted octanol–water partition coefficient (Wildman–Crippen LogP) is 4.41. The van der Waals surface area contributed by atoms with Gasteiger partial charge in [-0.15, -0.1) is 0 Å². The van der Waals surface area contributed by atoms with E-state index in [1.165, 1.54) is 31.4 Å². The van der Waals surface area contributed by atoms with Crippen LogP contribution in [0.15, 0.2) is 65.6 Å². The minimum atomic E-state index is -3.92. The summed E-state index contributed by atoms with van der Waals surface area (Å²) in [5.74, 6) is -0.0429. The number of nitrogens with zero attached hydrogens (tertiary/aromatic N) is 2. The van der Waals surface area contributed by atoms with Gasteiger partial charge in [0.1, 0.15) is 16.8 Å². The van der Waals surface area contributed by atoms with E-state index in [9.17, 15) is 13.2 Å². The second-order valence-corrected chi connectivity index (χ2v) is 8.99. The Bertz CT molecular complexity index is 1390. The maximum Gasteiger partial charge on any atom is 0.261 e. The van der Waals surface area contributed by atoms with Gasteiger partial charge in [-0.25, -0.2) is 8.42 Å². The molecular weight excluding hydrogens is 460 g/mol. The number of aromatic nitrogens is 2. The van der Waals surface area contributed by atoms with E-state index in [1.54, 1.807) is 36.4 Å². The number of halogens is 1.